The van der Waals surface area contributed by atoms with Gasteiger partial charge in [-0.1, -0.05) is 11.6 Å². The normalized spacial score (nSPS) is 24.8. The molecule has 1 saturated carbocycles. The highest BCUT2D eigenvalue weighted by Crippen LogP contribution is 2.29. The van der Waals surface area contributed by atoms with Crippen LogP contribution in [-0.4, -0.2) is 12.1 Å². The van der Waals surface area contributed by atoms with Gasteiger partial charge in [0.25, 0.3) is 0 Å². The van der Waals surface area contributed by atoms with Crippen molar-refractivity contribution in [3.05, 3.63) is 28.3 Å². The molecule has 0 aromatic heterocycles. The third kappa shape index (κ3) is 2.27. The van der Waals surface area contributed by atoms with Gasteiger partial charge in [-0.3, -0.25) is 0 Å². The number of nitrogens with two attached hydrogens (primary N) is 1. The van der Waals surface area contributed by atoms with Crippen LogP contribution in [0.5, 0.6) is 0 Å². The Balaban J connectivity index is 2.14. The fourth-order valence-corrected chi connectivity index (χ4v) is 2.45. The predicted octanol–water partition coefficient (Wildman–Crippen LogP) is 2.86. The second-order valence-electron chi connectivity index (χ2n) is 4.49. The zero-order valence-electron chi connectivity index (χ0n) is 9.18. The number of hydrogen-bond donors (Lipinski definition) is 2. The van der Waals surface area contributed by atoms with Gasteiger partial charge in [0.1, 0.15) is 0 Å². The molecule has 0 radical (unpaired) electrons. The summed E-state index contributed by atoms with van der Waals surface area (Å²) in [5.41, 5.74) is 9.40. The molecular weight excluding hydrogens is 208 g/mol. The minimum Gasteiger partial charge on any atom is -0.382 e. The van der Waals surface area contributed by atoms with Crippen LogP contribution in [0, 0.1) is 13.8 Å². The highest BCUT2D eigenvalue weighted by atomic mass is 35.5. The molecule has 1 aromatic rings. The van der Waals surface area contributed by atoms with Crippen LogP contribution in [0.2, 0.25) is 5.02 Å². The molecule has 0 amide bonds. The molecule has 82 valence electrons. The molecule has 0 heterocycles. The van der Waals surface area contributed by atoms with E-state index in [0.29, 0.717) is 12.1 Å². The van der Waals surface area contributed by atoms with Gasteiger partial charge in [0, 0.05) is 22.8 Å². The van der Waals surface area contributed by atoms with Gasteiger partial charge in [0.15, 0.2) is 0 Å². The SMILES string of the molecule is Cc1cc(Cl)cc(C)c1NC1CC(N)C1. The van der Waals surface area contributed by atoms with Crippen molar-refractivity contribution in [1.82, 2.24) is 0 Å². The van der Waals surface area contributed by atoms with Crippen molar-refractivity contribution >= 4 is 17.3 Å². The quantitative estimate of drug-likeness (QED) is 0.811. The standard InChI is InChI=1S/C12H17ClN2/c1-7-3-9(13)4-8(2)12(7)15-11-5-10(14)6-11/h3-4,10-11,15H,5-6,14H2,1-2H3. The van der Waals surface area contributed by atoms with E-state index < -0.39 is 0 Å². The fraction of sp³-hybridized carbons (Fsp3) is 0.500. The molecule has 0 aliphatic heterocycles. The van der Waals surface area contributed by atoms with E-state index >= 15 is 0 Å². The van der Waals surface area contributed by atoms with Gasteiger partial charge in [0.2, 0.25) is 0 Å². The lowest BCUT2D eigenvalue weighted by Gasteiger charge is -2.34. The molecule has 1 aliphatic rings. The number of rotatable bonds is 2. The molecule has 2 rings (SSSR count). The van der Waals surface area contributed by atoms with Crippen LogP contribution in [0.25, 0.3) is 0 Å². The van der Waals surface area contributed by atoms with Crippen molar-refractivity contribution < 1.29 is 0 Å². The zero-order valence-corrected chi connectivity index (χ0v) is 9.93. The van der Waals surface area contributed by atoms with Crippen LogP contribution >= 0.6 is 11.6 Å². The van der Waals surface area contributed by atoms with Crippen molar-refractivity contribution in [3.63, 3.8) is 0 Å². The molecular formula is C12H17ClN2. The minimum absolute atomic E-state index is 0.385. The van der Waals surface area contributed by atoms with E-state index in [1.54, 1.807) is 0 Å². The topological polar surface area (TPSA) is 38.0 Å². The lowest BCUT2D eigenvalue weighted by Crippen LogP contribution is -2.44. The van der Waals surface area contributed by atoms with E-state index in [-0.39, 0.29) is 0 Å². The maximum absolute atomic E-state index is 5.98. The molecule has 2 nitrogen and oxygen atoms in total. The smallest absolute Gasteiger partial charge is 0.0412 e. The Morgan fingerprint density at radius 3 is 2.27 bits per heavy atom. The van der Waals surface area contributed by atoms with Crippen LogP contribution in [0.4, 0.5) is 5.69 Å². The third-order valence-electron chi connectivity index (χ3n) is 3.02. The Bertz CT molecular complexity index is 347. The highest BCUT2D eigenvalue weighted by Gasteiger charge is 2.26. The first-order valence-corrected chi connectivity index (χ1v) is 5.73. The van der Waals surface area contributed by atoms with E-state index in [1.165, 1.54) is 16.8 Å². The van der Waals surface area contributed by atoms with Gasteiger partial charge in [-0.15, -0.1) is 0 Å². The first-order valence-electron chi connectivity index (χ1n) is 5.35. The van der Waals surface area contributed by atoms with Crippen molar-refractivity contribution in [3.8, 4) is 0 Å². The Hall–Kier alpha value is -0.730. The van der Waals surface area contributed by atoms with Crippen LogP contribution in [0.1, 0.15) is 24.0 Å². The maximum atomic E-state index is 5.98. The summed E-state index contributed by atoms with van der Waals surface area (Å²) in [7, 11) is 0. The molecule has 0 saturated heterocycles. The van der Waals surface area contributed by atoms with Gasteiger partial charge >= 0.3 is 0 Å². The molecule has 0 spiro atoms. The summed E-state index contributed by atoms with van der Waals surface area (Å²) in [5.74, 6) is 0. The first-order chi connectivity index (χ1) is 7.06. The lowest BCUT2D eigenvalue weighted by molar-refractivity contribution is 0.373. The van der Waals surface area contributed by atoms with Gasteiger partial charge in [0.05, 0.1) is 0 Å². The minimum atomic E-state index is 0.385. The highest BCUT2D eigenvalue weighted by molar-refractivity contribution is 6.30. The molecule has 3 heteroatoms. The monoisotopic (exact) mass is 224 g/mol. The van der Waals surface area contributed by atoms with Crippen molar-refractivity contribution in [1.29, 1.82) is 0 Å². The third-order valence-corrected chi connectivity index (χ3v) is 3.24. The van der Waals surface area contributed by atoms with E-state index in [4.69, 9.17) is 17.3 Å². The van der Waals surface area contributed by atoms with Crippen LogP contribution in [0.3, 0.4) is 0 Å². The molecule has 1 fully saturated rings. The first kappa shape index (κ1) is 10.8. The van der Waals surface area contributed by atoms with Gasteiger partial charge < -0.3 is 11.1 Å². The molecule has 0 unspecified atom stereocenters. The molecule has 1 aromatic carbocycles. The van der Waals surface area contributed by atoms with Gasteiger partial charge in [-0.25, -0.2) is 0 Å². The van der Waals surface area contributed by atoms with E-state index in [0.717, 1.165) is 17.9 Å². The average molecular weight is 225 g/mol. The molecule has 3 N–H and O–H groups in total. The average Bonchev–Trinajstić information content (AvgIpc) is 2.07. The van der Waals surface area contributed by atoms with Crippen molar-refractivity contribution in [2.75, 3.05) is 5.32 Å². The number of nitrogens with one attached hydrogen (secondary N) is 1. The van der Waals surface area contributed by atoms with Crippen molar-refractivity contribution in [2.45, 2.75) is 38.8 Å². The van der Waals surface area contributed by atoms with Gasteiger partial charge in [-0.05, 0) is 49.9 Å². The summed E-state index contributed by atoms with van der Waals surface area (Å²) in [6.07, 6.45) is 2.14. The fourth-order valence-electron chi connectivity index (χ4n) is 2.12. The van der Waals surface area contributed by atoms with E-state index in [1.807, 2.05) is 12.1 Å². The number of hydrogen-bond acceptors (Lipinski definition) is 2. The lowest BCUT2D eigenvalue weighted by atomic mass is 9.87. The van der Waals surface area contributed by atoms with Gasteiger partial charge in [-0.2, -0.15) is 0 Å². The Kier molecular flexibility index (Phi) is 2.89. The summed E-state index contributed by atoms with van der Waals surface area (Å²) in [6.45, 7) is 4.17. The van der Waals surface area contributed by atoms with Crippen LogP contribution < -0.4 is 11.1 Å². The molecule has 15 heavy (non-hydrogen) atoms. The largest absolute Gasteiger partial charge is 0.382 e. The number of anilines is 1. The summed E-state index contributed by atoms with van der Waals surface area (Å²) in [6, 6.07) is 4.92. The zero-order chi connectivity index (χ0) is 11.0. The number of benzene rings is 1. The van der Waals surface area contributed by atoms with E-state index in [9.17, 15) is 0 Å². The maximum Gasteiger partial charge on any atom is 0.0412 e. The van der Waals surface area contributed by atoms with E-state index in [2.05, 4.69) is 19.2 Å². The summed E-state index contributed by atoms with van der Waals surface area (Å²) < 4.78 is 0. The number of aryl methyl sites for hydroxylation is 2. The van der Waals surface area contributed by atoms with Crippen LogP contribution in [0.15, 0.2) is 12.1 Å². The summed E-state index contributed by atoms with van der Waals surface area (Å²) in [5, 5.41) is 4.34. The summed E-state index contributed by atoms with van der Waals surface area (Å²) >= 11 is 5.98. The molecule has 0 atom stereocenters. The molecule has 1 aliphatic carbocycles. The summed E-state index contributed by atoms with van der Waals surface area (Å²) in [4.78, 5) is 0. The number of halogens is 1. The van der Waals surface area contributed by atoms with Crippen molar-refractivity contribution in [2.24, 2.45) is 5.73 Å². The molecule has 0 bridgehead atoms. The Morgan fingerprint density at radius 2 is 1.80 bits per heavy atom. The predicted molar refractivity (Wildman–Crippen MR) is 65.5 cm³/mol. The second-order valence-corrected chi connectivity index (χ2v) is 4.92. The Labute approximate surface area is 95.8 Å². The Morgan fingerprint density at radius 1 is 1.27 bits per heavy atom. The second kappa shape index (κ2) is 4.03. The van der Waals surface area contributed by atoms with Crippen LogP contribution in [-0.2, 0) is 0 Å².